The van der Waals surface area contributed by atoms with E-state index in [1.54, 1.807) is 0 Å². The Hall–Kier alpha value is 1.39. The summed E-state index contributed by atoms with van der Waals surface area (Å²) in [6, 6.07) is 0. The normalized spacial score (nSPS) is 2.00. The zero-order valence-corrected chi connectivity index (χ0v) is 11.1. The third-order valence-electron chi connectivity index (χ3n) is 0. The van der Waals surface area contributed by atoms with E-state index < -0.39 is 22.9 Å². The van der Waals surface area contributed by atoms with Crippen LogP contribution in [-0.2, 0) is 28.6 Å². The van der Waals surface area contributed by atoms with E-state index in [0.717, 1.165) is 0 Å². The molecule has 0 N–H and O–H groups in total. The van der Waals surface area contributed by atoms with Crippen molar-refractivity contribution >= 4 is 27.3 Å². The zero-order chi connectivity index (χ0) is 2.71. The van der Waals surface area contributed by atoms with Crippen LogP contribution >= 0.6 is 0 Å². The maximum atomic E-state index is 8.57. The maximum absolute atomic E-state index is 8.57. The summed E-state index contributed by atoms with van der Waals surface area (Å²) in [4.78, 5) is 0. The van der Waals surface area contributed by atoms with Gasteiger partial charge < -0.3 is 0 Å². The monoisotopic (exact) mass is 422 g/mol. The molecule has 0 rings (SSSR count). The molecule has 0 atom stereocenters. The van der Waals surface area contributed by atoms with E-state index in [2.05, 4.69) is 0 Å². The minimum absolute atomic E-state index is 0. The average Bonchev–Trinajstić information content (AvgIpc) is 0.918. The molecule has 0 saturated heterocycles. The molecule has 0 bridgehead atoms. The Balaban J connectivity index is 0. The van der Waals surface area contributed by atoms with E-state index in [9.17, 15) is 0 Å². The van der Waals surface area contributed by atoms with Gasteiger partial charge in [0.05, 0.1) is 0 Å². The summed E-state index contributed by atoms with van der Waals surface area (Å²) in [6.45, 7) is 0. The van der Waals surface area contributed by atoms with Crippen LogP contribution in [-0.4, -0.2) is 27.3 Å². The molecule has 2 nitrogen and oxygen atoms in total. The van der Waals surface area contributed by atoms with Crippen LogP contribution in [0.2, 0.25) is 0 Å². The molecule has 0 unspecified atom stereocenters. The molecule has 2 radical (unpaired) electrons. The fourth-order valence-corrected chi connectivity index (χ4v) is 0. The minimum atomic E-state index is -2.42. The first-order valence-corrected chi connectivity index (χ1v) is 3.34. The first-order valence-electron chi connectivity index (χ1n) is 0.408. The summed E-state index contributed by atoms with van der Waals surface area (Å²) in [6.07, 6.45) is 0. The predicted molar refractivity (Wildman–Crippen MR) is 9.92 cm³/mol. The quantitative estimate of drug-likeness (QED) is 0.465. The standard InChI is InChI=1S/Hf.2O.Pb.2H. The molecule has 0 aliphatic heterocycles. The Morgan fingerprint density at radius 3 is 1.25 bits per heavy atom. The van der Waals surface area contributed by atoms with Crippen LogP contribution in [0.3, 0.4) is 0 Å². The third kappa shape index (κ3) is 10.0. The molecule has 0 aliphatic rings. The molecule has 0 saturated carbocycles. The number of hydrogen-bond donors (Lipinski definition) is 0. The van der Waals surface area contributed by atoms with E-state index >= 15 is 0 Å². The van der Waals surface area contributed by atoms with Crippen molar-refractivity contribution in [3.8, 4) is 0 Å². The second-order valence-corrected chi connectivity index (χ2v) is 0.682. The average molecular weight is 420 g/mol. The van der Waals surface area contributed by atoms with Gasteiger partial charge in [-0.15, -0.1) is 0 Å². The number of hydrogen-bond acceptors (Lipinski definition) is 2. The molecule has 4 heteroatoms. The van der Waals surface area contributed by atoms with Crippen molar-refractivity contribution in [3.05, 3.63) is 0 Å². The van der Waals surface area contributed by atoms with E-state index in [1.807, 2.05) is 0 Å². The zero-order valence-electron chi connectivity index (χ0n) is 2.02. The SMILES string of the molecule is [O]=[Hf]=[O].[PbH2]. The molecule has 0 aliphatic carbocycles. The van der Waals surface area contributed by atoms with Gasteiger partial charge in [0.1, 0.15) is 0 Å². The fraction of sp³-hybridized carbons (Fsp3) is 0. The Bertz CT molecular complexity index is 27.0. The van der Waals surface area contributed by atoms with Crippen LogP contribution in [0.15, 0.2) is 0 Å². The van der Waals surface area contributed by atoms with Crippen LogP contribution in [0.5, 0.6) is 0 Å². The van der Waals surface area contributed by atoms with Crippen LogP contribution in [0.25, 0.3) is 0 Å². The van der Waals surface area contributed by atoms with Gasteiger partial charge in [-0.3, -0.25) is 0 Å². The molecule has 0 aromatic carbocycles. The Labute approximate surface area is 55.3 Å². The fourth-order valence-electron chi connectivity index (χ4n) is 0. The van der Waals surface area contributed by atoms with E-state index in [4.69, 9.17) is 5.71 Å². The van der Waals surface area contributed by atoms with Crippen LogP contribution in [0.1, 0.15) is 0 Å². The second kappa shape index (κ2) is 8.83. The summed E-state index contributed by atoms with van der Waals surface area (Å²) in [5.41, 5.74) is 0. The van der Waals surface area contributed by atoms with Gasteiger partial charge in [-0.1, -0.05) is 0 Å². The summed E-state index contributed by atoms with van der Waals surface area (Å²) in [7, 11) is 0. The molecule has 0 aromatic heterocycles. The van der Waals surface area contributed by atoms with E-state index in [1.165, 1.54) is 0 Å². The van der Waals surface area contributed by atoms with Gasteiger partial charge in [-0.05, 0) is 0 Å². The molecule has 22 valence electrons. The molecule has 0 fully saturated rings. The Kier molecular flexibility index (Phi) is 20.0. The topological polar surface area (TPSA) is 34.1 Å². The molecular formula is H2HfO2Pb. The molecule has 0 heterocycles. The Morgan fingerprint density at radius 2 is 1.25 bits per heavy atom. The van der Waals surface area contributed by atoms with Crippen molar-refractivity contribution in [1.29, 1.82) is 0 Å². The summed E-state index contributed by atoms with van der Waals surface area (Å²) < 4.78 is 17.1. The first kappa shape index (κ1) is 9.04. The van der Waals surface area contributed by atoms with Crippen molar-refractivity contribution in [3.63, 3.8) is 0 Å². The van der Waals surface area contributed by atoms with Crippen molar-refractivity contribution < 1.29 is 28.6 Å². The van der Waals surface area contributed by atoms with E-state index in [0.29, 0.717) is 0 Å². The summed E-state index contributed by atoms with van der Waals surface area (Å²) in [5, 5.41) is 0. The Morgan fingerprint density at radius 1 is 1.25 bits per heavy atom. The molecule has 0 amide bonds. The number of rotatable bonds is 0. The van der Waals surface area contributed by atoms with Crippen LogP contribution in [0, 0.1) is 0 Å². The third-order valence-corrected chi connectivity index (χ3v) is 0. The molecule has 0 aromatic rings. The summed E-state index contributed by atoms with van der Waals surface area (Å²) in [5.74, 6) is 0. The van der Waals surface area contributed by atoms with Gasteiger partial charge in [0.15, 0.2) is 0 Å². The van der Waals surface area contributed by atoms with Crippen molar-refractivity contribution in [2.24, 2.45) is 0 Å². The van der Waals surface area contributed by atoms with Gasteiger partial charge >= 0.3 is 55.9 Å². The van der Waals surface area contributed by atoms with Crippen LogP contribution < -0.4 is 0 Å². The van der Waals surface area contributed by atoms with Crippen molar-refractivity contribution in [2.45, 2.75) is 0 Å². The van der Waals surface area contributed by atoms with Gasteiger partial charge in [-0.2, -0.15) is 0 Å². The van der Waals surface area contributed by atoms with E-state index in [-0.39, 0.29) is 27.3 Å². The van der Waals surface area contributed by atoms with Gasteiger partial charge in [0.2, 0.25) is 0 Å². The van der Waals surface area contributed by atoms with Gasteiger partial charge in [0.25, 0.3) is 0 Å². The molecular weight excluding hydrogens is 418 g/mol. The predicted octanol–water partition coefficient (Wildman–Crippen LogP) is -1.16. The summed E-state index contributed by atoms with van der Waals surface area (Å²) >= 11 is -2.42. The van der Waals surface area contributed by atoms with Crippen molar-refractivity contribution in [2.75, 3.05) is 0 Å². The van der Waals surface area contributed by atoms with Crippen molar-refractivity contribution in [1.82, 2.24) is 0 Å². The van der Waals surface area contributed by atoms with Gasteiger partial charge in [0, 0.05) is 0 Å². The van der Waals surface area contributed by atoms with Gasteiger partial charge in [-0.25, -0.2) is 0 Å². The molecule has 0 spiro atoms. The molecule has 4 heavy (non-hydrogen) atoms. The van der Waals surface area contributed by atoms with Crippen LogP contribution in [0.4, 0.5) is 0 Å². The first-order chi connectivity index (χ1) is 1.41. The second-order valence-electron chi connectivity index (χ2n) is 0.0833.